The normalized spacial score (nSPS) is 12.0. The van der Waals surface area contributed by atoms with E-state index in [4.69, 9.17) is 32.9 Å². The van der Waals surface area contributed by atoms with E-state index < -0.39 is 0 Å². The van der Waals surface area contributed by atoms with Gasteiger partial charge in [-0.15, -0.1) is 0 Å². The maximum Gasteiger partial charge on any atom is 0.237 e. The first-order valence-electron chi connectivity index (χ1n) is 8.79. The van der Waals surface area contributed by atoms with Crippen LogP contribution in [0.4, 0.5) is 5.69 Å². The van der Waals surface area contributed by atoms with Gasteiger partial charge in [-0.3, -0.25) is 4.79 Å². The van der Waals surface area contributed by atoms with Gasteiger partial charge in [0.1, 0.15) is 11.3 Å². The van der Waals surface area contributed by atoms with Gasteiger partial charge in [-0.1, -0.05) is 54.0 Å². The Morgan fingerprint density at radius 1 is 1.25 bits per heavy atom. The molecule has 0 bridgehead atoms. The monoisotopic (exact) mass is 434 g/mol. The van der Waals surface area contributed by atoms with Crippen molar-refractivity contribution < 1.29 is 9.53 Å². The van der Waals surface area contributed by atoms with Gasteiger partial charge in [-0.25, -0.2) is 4.98 Å². The Hall–Kier alpha value is -1.95. The highest BCUT2D eigenvalue weighted by Gasteiger charge is 2.20. The van der Waals surface area contributed by atoms with E-state index in [1.54, 1.807) is 25.3 Å². The van der Waals surface area contributed by atoms with Gasteiger partial charge in [-0.05, 0) is 49.2 Å². The number of amides is 1. The molecule has 1 N–H and O–H groups in total. The first-order chi connectivity index (χ1) is 13.4. The summed E-state index contributed by atoms with van der Waals surface area (Å²) in [5.74, 6) is 0.588. The Kier molecular flexibility index (Phi) is 6.70. The minimum atomic E-state index is -0.314. The Balaban J connectivity index is 1.85. The van der Waals surface area contributed by atoms with Crippen LogP contribution in [0.1, 0.15) is 18.9 Å². The maximum atomic E-state index is 12.8. The molecule has 0 aliphatic carbocycles. The highest BCUT2D eigenvalue weighted by atomic mass is 35.5. The van der Waals surface area contributed by atoms with Crippen LogP contribution in [0.25, 0.3) is 10.9 Å². The average Bonchev–Trinajstić information content (AvgIpc) is 2.67. The number of pyridine rings is 1. The molecule has 0 saturated heterocycles. The van der Waals surface area contributed by atoms with Crippen LogP contribution < -0.4 is 10.1 Å². The van der Waals surface area contributed by atoms with E-state index in [1.807, 2.05) is 38.1 Å². The van der Waals surface area contributed by atoms with E-state index in [2.05, 4.69) is 5.32 Å². The van der Waals surface area contributed by atoms with Gasteiger partial charge in [-0.2, -0.15) is 0 Å². The third kappa shape index (κ3) is 4.54. The largest absolute Gasteiger partial charge is 0.494 e. The van der Waals surface area contributed by atoms with Crippen molar-refractivity contribution in [1.29, 1.82) is 0 Å². The van der Waals surface area contributed by atoms with Crippen molar-refractivity contribution in [3.63, 3.8) is 0 Å². The number of hydrogen-bond donors (Lipinski definition) is 1. The lowest BCUT2D eigenvalue weighted by molar-refractivity contribution is -0.115. The van der Waals surface area contributed by atoms with Crippen LogP contribution >= 0.6 is 35.0 Å². The van der Waals surface area contributed by atoms with Crippen molar-refractivity contribution in [3.05, 3.63) is 58.1 Å². The number of aromatic nitrogens is 1. The number of hydrogen-bond acceptors (Lipinski definition) is 4. The van der Waals surface area contributed by atoms with E-state index in [-0.39, 0.29) is 11.2 Å². The van der Waals surface area contributed by atoms with Gasteiger partial charge < -0.3 is 10.1 Å². The smallest absolute Gasteiger partial charge is 0.237 e. The molecule has 1 aromatic heterocycles. The number of thioether (sulfide) groups is 1. The molecule has 28 heavy (non-hydrogen) atoms. The predicted octanol–water partition coefficient (Wildman–Crippen LogP) is 6.37. The van der Waals surface area contributed by atoms with Crippen LogP contribution in [0.2, 0.25) is 10.0 Å². The lowest BCUT2D eigenvalue weighted by Gasteiger charge is -2.16. The van der Waals surface area contributed by atoms with Gasteiger partial charge in [0.25, 0.3) is 0 Å². The zero-order chi connectivity index (χ0) is 20.3. The summed E-state index contributed by atoms with van der Waals surface area (Å²) in [6.07, 6.45) is 0.645. The van der Waals surface area contributed by atoms with Crippen LogP contribution in [0.5, 0.6) is 5.75 Å². The Bertz CT molecular complexity index is 1030. The summed E-state index contributed by atoms with van der Waals surface area (Å²) >= 11 is 13.5. The van der Waals surface area contributed by atoms with Crippen molar-refractivity contribution in [2.24, 2.45) is 0 Å². The molecule has 1 heterocycles. The van der Waals surface area contributed by atoms with Crippen LogP contribution in [0, 0.1) is 6.92 Å². The van der Waals surface area contributed by atoms with Gasteiger partial charge in [0.2, 0.25) is 5.91 Å². The summed E-state index contributed by atoms with van der Waals surface area (Å²) < 4.78 is 5.44. The van der Waals surface area contributed by atoms with Gasteiger partial charge >= 0.3 is 0 Å². The highest BCUT2D eigenvalue weighted by molar-refractivity contribution is 8.00. The number of rotatable bonds is 6. The topological polar surface area (TPSA) is 51.2 Å². The molecular formula is C21H20Cl2N2O2S. The molecule has 2 aromatic carbocycles. The van der Waals surface area contributed by atoms with Gasteiger partial charge in [0.15, 0.2) is 0 Å². The Morgan fingerprint density at radius 3 is 2.71 bits per heavy atom. The molecule has 7 heteroatoms. The molecule has 3 aromatic rings. The average molecular weight is 435 g/mol. The number of carbonyl (C=O) groups is 1. The molecule has 0 aliphatic rings. The number of nitrogens with zero attached hydrogens (tertiary/aromatic N) is 1. The second-order valence-electron chi connectivity index (χ2n) is 6.26. The van der Waals surface area contributed by atoms with E-state index in [0.29, 0.717) is 27.9 Å². The zero-order valence-corrected chi connectivity index (χ0v) is 18.1. The van der Waals surface area contributed by atoms with Crippen molar-refractivity contribution in [3.8, 4) is 5.75 Å². The van der Waals surface area contributed by atoms with E-state index in [9.17, 15) is 4.79 Å². The summed E-state index contributed by atoms with van der Waals surface area (Å²) in [6, 6.07) is 12.8. The van der Waals surface area contributed by atoms with E-state index in [1.165, 1.54) is 11.8 Å². The number of carbonyl (C=O) groups excluding carboxylic acids is 1. The molecule has 4 nitrogen and oxygen atoms in total. The number of ether oxygens (including phenoxy) is 1. The summed E-state index contributed by atoms with van der Waals surface area (Å²) in [7, 11) is 1.63. The standard InChI is InChI=1S/C21H20Cl2N2O2S/c1-4-18(21(26)24-16-9-8-13(22)11-15(16)23)28-19-10-12(2)14-6-5-7-17(27-3)20(14)25-19/h5-11,18H,4H2,1-3H3,(H,24,26). The minimum Gasteiger partial charge on any atom is -0.494 e. The SMILES string of the molecule is CCC(Sc1cc(C)c2cccc(OC)c2n1)C(=O)Nc1ccc(Cl)cc1Cl. The number of aryl methyl sites for hydroxylation is 1. The summed E-state index contributed by atoms with van der Waals surface area (Å²) in [6.45, 7) is 4.00. The van der Waals surface area contributed by atoms with Crippen LogP contribution in [0.3, 0.4) is 0 Å². The number of halogens is 2. The van der Waals surface area contributed by atoms with E-state index in [0.717, 1.165) is 21.5 Å². The second kappa shape index (κ2) is 9.03. The fourth-order valence-electron chi connectivity index (χ4n) is 2.86. The van der Waals surface area contributed by atoms with Crippen LogP contribution in [-0.4, -0.2) is 23.3 Å². The first kappa shape index (κ1) is 20.8. The lowest BCUT2D eigenvalue weighted by atomic mass is 10.1. The van der Waals surface area contributed by atoms with Crippen molar-refractivity contribution in [2.45, 2.75) is 30.5 Å². The maximum absolute atomic E-state index is 12.8. The van der Waals surface area contributed by atoms with Gasteiger partial charge in [0, 0.05) is 10.4 Å². The molecule has 3 rings (SSSR count). The Labute approximate surface area is 178 Å². The molecular weight excluding hydrogens is 415 g/mol. The molecule has 0 spiro atoms. The third-order valence-corrected chi connectivity index (χ3v) is 6.15. The lowest BCUT2D eigenvalue weighted by Crippen LogP contribution is -2.24. The fraction of sp³-hybridized carbons (Fsp3) is 0.238. The van der Waals surface area contributed by atoms with Crippen LogP contribution in [-0.2, 0) is 4.79 Å². The van der Waals surface area contributed by atoms with Crippen LogP contribution in [0.15, 0.2) is 47.5 Å². The number of nitrogens with one attached hydrogen (secondary N) is 1. The number of methoxy groups -OCH3 is 1. The van der Waals surface area contributed by atoms with E-state index >= 15 is 0 Å². The summed E-state index contributed by atoms with van der Waals surface area (Å²) in [4.78, 5) is 17.5. The zero-order valence-electron chi connectivity index (χ0n) is 15.8. The summed E-state index contributed by atoms with van der Waals surface area (Å²) in [5, 5.41) is 5.31. The first-order valence-corrected chi connectivity index (χ1v) is 10.4. The quantitative estimate of drug-likeness (QED) is 0.457. The molecule has 1 unspecified atom stereocenters. The molecule has 0 aliphatic heterocycles. The Morgan fingerprint density at radius 2 is 2.04 bits per heavy atom. The molecule has 1 amide bonds. The van der Waals surface area contributed by atoms with Gasteiger partial charge in [0.05, 0.1) is 28.1 Å². The predicted molar refractivity (Wildman–Crippen MR) is 118 cm³/mol. The van der Waals surface area contributed by atoms with Crippen molar-refractivity contribution in [2.75, 3.05) is 12.4 Å². The molecule has 0 saturated carbocycles. The molecule has 1 atom stereocenters. The number of fused-ring (bicyclic) bond motifs is 1. The molecule has 146 valence electrons. The van der Waals surface area contributed by atoms with Crippen molar-refractivity contribution >= 4 is 57.5 Å². The van der Waals surface area contributed by atoms with Crippen molar-refractivity contribution in [1.82, 2.24) is 4.98 Å². The fourth-order valence-corrected chi connectivity index (χ4v) is 4.33. The molecule has 0 fully saturated rings. The number of anilines is 1. The summed E-state index contributed by atoms with van der Waals surface area (Å²) in [5.41, 5.74) is 2.42. The number of benzene rings is 2. The highest BCUT2D eigenvalue weighted by Crippen LogP contribution is 2.33. The number of para-hydroxylation sites is 1. The third-order valence-electron chi connectivity index (χ3n) is 4.32. The second-order valence-corrected chi connectivity index (χ2v) is 8.33. The molecule has 0 radical (unpaired) electrons. The minimum absolute atomic E-state index is 0.128.